The molecule has 0 atom stereocenters. The van der Waals surface area contributed by atoms with E-state index in [9.17, 15) is 8.42 Å². The van der Waals surface area contributed by atoms with Crippen LogP contribution in [0.4, 0.5) is 17.5 Å². The lowest BCUT2D eigenvalue weighted by atomic mass is 10.3. The van der Waals surface area contributed by atoms with Gasteiger partial charge in [-0.25, -0.2) is 23.1 Å². The Morgan fingerprint density at radius 1 is 1.06 bits per heavy atom. The lowest BCUT2D eigenvalue weighted by Crippen LogP contribution is -2.29. The fourth-order valence-corrected chi connectivity index (χ4v) is 3.93. The number of aromatic nitrogens is 4. The Bertz CT molecular complexity index is 1130. The summed E-state index contributed by atoms with van der Waals surface area (Å²) in [6.45, 7) is 6.71. The first-order valence-corrected chi connectivity index (χ1v) is 11.3. The first-order chi connectivity index (χ1) is 14.8. The number of rotatable bonds is 10. The van der Waals surface area contributed by atoms with Crippen LogP contribution in [-0.4, -0.2) is 48.1 Å². The highest BCUT2D eigenvalue weighted by Crippen LogP contribution is 2.20. The van der Waals surface area contributed by atoms with Crippen molar-refractivity contribution in [2.45, 2.75) is 32.3 Å². The second kappa shape index (κ2) is 9.75. The van der Waals surface area contributed by atoms with Crippen LogP contribution >= 0.6 is 0 Å². The summed E-state index contributed by atoms with van der Waals surface area (Å²) in [6, 6.07) is 9.31. The fourth-order valence-electron chi connectivity index (χ4n) is 2.90. The van der Waals surface area contributed by atoms with Crippen LogP contribution in [0.15, 0.2) is 41.6 Å². The van der Waals surface area contributed by atoms with Crippen LogP contribution in [0.2, 0.25) is 0 Å². The summed E-state index contributed by atoms with van der Waals surface area (Å²) in [4.78, 5) is 12.9. The van der Waals surface area contributed by atoms with Gasteiger partial charge in [-0.1, -0.05) is 0 Å². The minimum atomic E-state index is -3.67. The van der Waals surface area contributed by atoms with E-state index in [2.05, 4.69) is 30.3 Å². The van der Waals surface area contributed by atoms with Gasteiger partial charge in [0.25, 0.3) is 10.0 Å². The quantitative estimate of drug-likeness (QED) is 0.407. The zero-order valence-electron chi connectivity index (χ0n) is 18.0. The van der Waals surface area contributed by atoms with Crippen LogP contribution in [-0.2, 0) is 16.6 Å². The molecule has 0 saturated heterocycles. The van der Waals surface area contributed by atoms with E-state index in [0.717, 1.165) is 17.1 Å². The van der Waals surface area contributed by atoms with Gasteiger partial charge in [-0.3, -0.25) is 0 Å². The lowest BCUT2D eigenvalue weighted by molar-refractivity contribution is 0.415. The van der Waals surface area contributed by atoms with E-state index in [4.69, 9.17) is 4.74 Å². The van der Waals surface area contributed by atoms with Gasteiger partial charge >= 0.3 is 0 Å². The van der Waals surface area contributed by atoms with Crippen molar-refractivity contribution in [1.82, 2.24) is 24.2 Å². The van der Waals surface area contributed by atoms with Crippen LogP contribution in [0.5, 0.6) is 5.75 Å². The Morgan fingerprint density at radius 3 is 2.45 bits per heavy atom. The van der Waals surface area contributed by atoms with E-state index in [-0.39, 0.29) is 11.6 Å². The first-order valence-electron chi connectivity index (χ1n) is 9.85. The van der Waals surface area contributed by atoms with Crippen LogP contribution in [0.3, 0.4) is 0 Å². The highest BCUT2D eigenvalue weighted by atomic mass is 32.2. The van der Waals surface area contributed by atoms with Gasteiger partial charge in [-0.15, -0.1) is 0 Å². The van der Waals surface area contributed by atoms with Crippen molar-refractivity contribution < 1.29 is 13.2 Å². The maximum absolute atomic E-state index is 12.4. The molecule has 0 unspecified atom stereocenters. The van der Waals surface area contributed by atoms with Gasteiger partial charge in [0.05, 0.1) is 7.11 Å². The third-order valence-electron chi connectivity index (χ3n) is 4.49. The molecule has 3 N–H and O–H groups in total. The Balaban J connectivity index is 1.57. The summed E-state index contributed by atoms with van der Waals surface area (Å²) in [7, 11) is -2.06. The minimum Gasteiger partial charge on any atom is -0.497 e. The summed E-state index contributed by atoms with van der Waals surface area (Å²) in [5.41, 5.74) is 1.63. The molecule has 10 nitrogen and oxygen atoms in total. The monoisotopic (exact) mass is 445 g/mol. The molecule has 2 heterocycles. The number of nitrogens with one attached hydrogen (secondary N) is 3. The number of hydrogen-bond acceptors (Lipinski definition) is 8. The molecule has 2 aromatic heterocycles. The maximum Gasteiger partial charge on any atom is 0.259 e. The number of methoxy groups -OCH3 is 1. The molecule has 0 saturated carbocycles. The summed E-state index contributed by atoms with van der Waals surface area (Å²) in [5.74, 6) is 2.46. The molecule has 3 aromatic rings. The molecule has 0 amide bonds. The Hall–Kier alpha value is -3.18. The third kappa shape index (κ3) is 5.92. The van der Waals surface area contributed by atoms with Gasteiger partial charge in [0, 0.05) is 43.3 Å². The van der Waals surface area contributed by atoms with Crippen LogP contribution < -0.4 is 20.1 Å². The highest BCUT2D eigenvalue weighted by molar-refractivity contribution is 7.89. The molecule has 0 radical (unpaired) electrons. The van der Waals surface area contributed by atoms with E-state index in [0.29, 0.717) is 30.7 Å². The van der Waals surface area contributed by atoms with E-state index in [1.807, 2.05) is 44.2 Å². The van der Waals surface area contributed by atoms with Crippen molar-refractivity contribution in [3.05, 3.63) is 48.0 Å². The largest absolute Gasteiger partial charge is 0.497 e. The van der Waals surface area contributed by atoms with Crippen LogP contribution in [0.25, 0.3) is 0 Å². The highest BCUT2D eigenvalue weighted by Gasteiger charge is 2.18. The van der Waals surface area contributed by atoms with Crippen molar-refractivity contribution >= 4 is 27.5 Å². The lowest BCUT2D eigenvalue weighted by Gasteiger charge is -2.11. The first kappa shape index (κ1) is 22.5. The molecular formula is C20H27N7O3S. The number of aryl methyl sites for hydroxylation is 3. The van der Waals surface area contributed by atoms with Gasteiger partial charge in [0.1, 0.15) is 17.4 Å². The average molecular weight is 446 g/mol. The van der Waals surface area contributed by atoms with Crippen molar-refractivity contribution in [1.29, 1.82) is 0 Å². The summed E-state index contributed by atoms with van der Waals surface area (Å²) >= 11 is 0. The second-order valence-electron chi connectivity index (χ2n) is 6.81. The molecule has 0 aliphatic heterocycles. The van der Waals surface area contributed by atoms with Crippen LogP contribution in [0, 0.1) is 13.8 Å². The second-order valence-corrected chi connectivity index (χ2v) is 8.52. The molecule has 1 aromatic carbocycles. The minimum absolute atomic E-state index is 0.0182. The smallest absolute Gasteiger partial charge is 0.259 e. The zero-order valence-corrected chi connectivity index (χ0v) is 18.8. The van der Waals surface area contributed by atoms with Crippen molar-refractivity contribution in [3.63, 3.8) is 0 Å². The van der Waals surface area contributed by atoms with E-state index >= 15 is 0 Å². The van der Waals surface area contributed by atoms with Gasteiger partial charge in [0.2, 0.25) is 5.95 Å². The van der Waals surface area contributed by atoms with E-state index < -0.39 is 10.0 Å². The number of ether oxygens (including phenoxy) is 1. The molecule has 0 bridgehead atoms. The molecule has 0 fully saturated rings. The normalized spacial score (nSPS) is 11.4. The molecule has 0 aliphatic rings. The van der Waals surface area contributed by atoms with Gasteiger partial charge in [0.15, 0.2) is 5.03 Å². The molecule has 11 heteroatoms. The SMILES string of the molecule is CCn1cc(S(=O)(=O)NCCNc2nc(C)cc(Nc3ccc(OC)cc3)n2)nc1C. The fraction of sp³-hybridized carbons (Fsp3) is 0.350. The Labute approximate surface area is 182 Å². The van der Waals surface area contributed by atoms with Gasteiger partial charge in [-0.2, -0.15) is 4.98 Å². The molecular weight excluding hydrogens is 418 g/mol. The number of anilines is 3. The molecule has 166 valence electrons. The van der Waals surface area contributed by atoms with Crippen LogP contribution in [0.1, 0.15) is 18.4 Å². The molecule has 31 heavy (non-hydrogen) atoms. The summed E-state index contributed by atoms with van der Waals surface area (Å²) < 4.78 is 34.3. The van der Waals surface area contributed by atoms with Gasteiger partial charge in [-0.05, 0) is 45.0 Å². The molecule has 0 aliphatic carbocycles. The maximum atomic E-state index is 12.4. The van der Waals surface area contributed by atoms with Gasteiger partial charge < -0.3 is 19.9 Å². The predicted octanol–water partition coefficient (Wildman–Crippen LogP) is 2.45. The summed E-state index contributed by atoms with van der Waals surface area (Å²) in [6.07, 6.45) is 1.53. The summed E-state index contributed by atoms with van der Waals surface area (Å²) in [5, 5.41) is 6.28. The Morgan fingerprint density at radius 2 is 1.81 bits per heavy atom. The van der Waals surface area contributed by atoms with Crippen molar-refractivity contribution in [2.24, 2.45) is 0 Å². The average Bonchev–Trinajstić information content (AvgIpc) is 3.13. The zero-order chi connectivity index (χ0) is 22.4. The number of sulfonamides is 1. The predicted molar refractivity (Wildman–Crippen MR) is 119 cm³/mol. The van der Waals surface area contributed by atoms with E-state index in [1.54, 1.807) is 18.6 Å². The number of nitrogens with zero attached hydrogens (tertiary/aromatic N) is 4. The topological polar surface area (TPSA) is 123 Å². The number of hydrogen-bond donors (Lipinski definition) is 3. The third-order valence-corrected chi connectivity index (χ3v) is 5.82. The van der Waals surface area contributed by atoms with Crippen molar-refractivity contribution in [3.8, 4) is 5.75 Å². The molecule has 3 rings (SSSR count). The number of benzene rings is 1. The molecule has 0 spiro atoms. The standard InChI is InChI=1S/C20H27N7O3S/c1-5-27-13-19(24-15(27)3)31(28,29)22-11-10-21-20-23-14(2)12-18(26-20)25-16-6-8-17(30-4)9-7-16/h6-9,12-13,22H,5,10-11H2,1-4H3,(H2,21,23,25,26). The van der Waals surface area contributed by atoms with Crippen molar-refractivity contribution in [2.75, 3.05) is 30.8 Å². The Kier molecular flexibility index (Phi) is 7.08. The van der Waals surface area contributed by atoms with E-state index in [1.165, 1.54) is 6.20 Å². The number of imidazole rings is 1.